The molecule has 0 aromatic heterocycles. The third-order valence-electron chi connectivity index (χ3n) is 3.19. The number of β-amino-alcohol motifs (C(OH)–C–C–N with tert-alkyl or cyclic N) is 1. The summed E-state index contributed by atoms with van der Waals surface area (Å²) in [6, 6.07) is 0.0288. The molecule has 1 fully saturated rings. The van der Waals surface area contributed by atoms with E-state index in [9.17, 15) is 9.90 Å². The van der Waals surface area contributed by atoms with Crippen LogP contribution >= 0.6 is 0 Å². The van der Waals surface area contributed by atoms with Gasteiger partial charge in [0, 0.05) is 19.7 Å². The van der Waals surface area contributed by atoms with Gasteiger partial charge in [-0.05, 0) is 25.8 Å². The van der Waals surface area contributed by atoms with Gasteiger partial charge >= 0.3 is 0 Å². The average Bonchev–Trinajstić information content (AvgIpc) is 2.23. The summed E-state index contributed by atoms with van der Waals surface area (Å²) in [6.07, 6.45) is 0.634. The molecule has 0 spiro atoms. The molecule has 2 N–H and O–H groups in total. The van der Waals surface area contributed by atoms with Crippen LogP contribution in [0.15, 0.2) is 0 Å². The fraction of sp³-hybridized carbons (Fsp3) is 0.917. The number of piperidine rings is 1. The molecular weight excluding hydrogens is 220 g/mol. The quantitative estimate of drug-likeness (QED) is 0.705. The van der Waals surface area contributed by atoms with Crippen molar-refractivity contribution >= 4 is 5.91 Å². The third kappa shape index (κ3) is 5.02. The van der Waals surface area contributed by atoms with Crippen LogP contribution in [0.3, 0.4) is 0 Å². The molecule has 3 atom stereocenters. The largest absolute Gasteiger partial charge is 0.392 e. The Hall–Kier alpha value is -0.650. The molecule has 0 bridgehead atoms. The van der Waals surface area contributed by atoms with Crippen LogP contribution in [0.25, 0.3) is 0 Å². The maximum absolute atomic E-state index is 11.7. The molecule has 1 rings (SSSR count). The molecule has 0 aliphatic carbocycles. The van der Waals surface area contributed by atoms with Crippen LogP contribution in [0.2, 0.25) is 0 Å². The van der Waals surface area contributed by atoms with E-state index in [-0.39, 0.29) is 18.1 Å². The van der Waals surface area contributed by atoms with Crippen molar-refractivity contribution in [3.63, 3.8) is 0 Å². The number of rotatable bonds is 5. The monoisotopic (exact) mass is 244 g/mol. The van der Waals surface area contributed by atoms with Crippen molar-refractivity contribution < 1.29 is 14.6 Å². The SMILES string of the molecule is COCC(C)NC(=O)CN1CCC(C)C(O)C1. The van der Waals surface area contributed by atoms with Crippen molar-refractivity contribution in [2.24, 2.45) is 5.92 Å². The number of methoxy groups -OCH3 is 1. The van der Waals surface area contributed by atoms with Crippen LogP contribution in [0.4, 0.5) is 0 Å². The summed E-state index contributed by atoms with van der Waals surface area (Å²) in [7, 11) is 1.62. The summed E-state index contributed by atoms with van der Waals surface area (Å²) >= 11 is 0. The van der Waals surface area contributed by atoms with Gasteiger partial charge in [-0.1, -0.05) is 6.92 Å². The van der Waals surface area contributed by atoms with Gasteiger partial charge in [-0.25, -0.2) is 0 Å². The van der Waals surface area contributed by atoms with Crippen molar-refractivity contribution in [1.82, 2.24) is 10.2 Å². The molecule has 17 heavy (non-hydrogen) atoms. The summed E-state index contributed by atoms with van der Waals surface area (Å²) in [4.78, 5) is 13.7. The zero-order chi connectivity index (χ0) is 12.8. The predicted molar refractivity (Wildman–Crippen MR) is 65.7 cm³/mol. The van der Waals surface area contributed by atoms with Gasteiger partial charge in [0.15, 0.2) is 0 Å². The van der Waals surface area contributed by atoms with Gasteiger partial charge in [-0.3, -0.25) is 9.69 Å². The molecule has 5 nitrogen and oxygen atoms in total. The summed E-state index contributed by atoms with van der Waals surface area (Å²) in [5.41, 5.74) is 0. The van der Waals surface area contributed by atoms with Crippen LogP contribution in [0.5, 0.6) is 0 Å². The molecule has 0 aromatic carbocycles. The number of nitrogens with zero attached hydrogens (tertiary/aromatic N) is 1. The molecule has 1 heterocycles. The smallest absolute Gasteiger partial charge is 0.234 e. The lowest BCUT2D eigenvalue weighted by molar-refractivity contribution is -0.124. The minimum Gasteiger partial charge on any atom is -0.392 e. The second kappa shape index (κ2) is 6.93. The molecule has 100 valence electrons. The lowest BCUT2D eigenvalue weighted by atomic mass is 9.96. The molecule has 0 radical (unpaired) electrons. The summed E-state index contributed by atoms with van der Waals surface area (Å²) in [5.74, 6) is 0.332. The van der Waals surface area contributed by atoms with Gasteiger partial charge in [0.05, 0.1) is 19.3 Å². The van der Waals surface area contributed by atoms with Gasteiger partial charge in [-0.15, -0.1) is 0 Å². The van der Waals surface area contributed by atoms with Crippen LogP contribution in [0.1, 0.15) is 20.3 Å². The highest BCUT2D eigenvalue weighted by Crippen LogP contribution is 2.16. The number of aliphatic hydroxyl groups excluding tert-OH is 1. The number of hydrogen-bond acceptors (Lipinski definition) is 4. The highest BCUT2D eigenvalue weighted by molar-refractivity contribution is 5.78. The Labute approximate surface area is 103 Å². The average molecular weight is 244 g/mol. The van der Waals surface area contributed by atoms with E-state index >= 15 is 0 Å². The maximum atomic E-state index is 11.7. The Morgan fingerprint density at radius 3 is 2.94 bits per heavy atom. The van der Waals surface area contributed by atoms with Gasteiger partial charge < -0.3 is 15.2 Å². The van der Waals surface area contributed by atoms with E-state index in [1.54, 1.807) is 7.11 Å². The van der Waals surface area contributed by atoms with Crippen LogP contribution in [-0.4, -0.2) is 61.4 Å². The first-order chi connectivity index (χ1) is 8.02. The van der Waals surface area contributed by atoms with E-state index in [1.165, 1.54) is 0 Å². The van der Waals surface area contributed by atoms with Gasteiger partial charge in [0.2, 0.25) is 5.91 Å². The Kier molecular flexibility index (Phi) is 5.88. The zero-order valence-corrected chi connectivity index (χ0v) is 11.0. The fourth-order valence-corrected chi connectivity index (χ4v) is 2.07. The van der Waals surface area contributed by atoms with Gasteiger partial charge in [0.25, 0.3) is 0 Å². The highest BCUT2D eigenvalue weighted by Gasteiger charge is 2.25. The number of carbonyl (C=O) groups is 1. The summed E-state index contributed by atoms with van der Waals surface area (Å²) in [5, 5.41) is 12.6. The first-order valence-electron chi connectivity index (χ1n) is 6.21. The Balaban J connectivity index is 2.27. The molecule has 0 aromatic rings. The van der Waals surface area contributed by atoms with Crippen LogP contribution < -0.4 is 5.32 Å². The van der Waals surface area contributed by atoms with E-state index in [2.05, 4.69) is 5.32 Å². The minimum atomic E-state index is -0.312. The first kappa shape index (κ1) is 14.4. The number of likely N-dealkylation sites (tertiary alicyclic amines) is 1. The molecule has 1 saturated heterocycles. The van der Waals surface area contributed by atoms with Crippen molar-refractivity contribution in [3.8, 4) is 0 Å². The normalized spacial score (nSPS) is 27.8. The lowest BCUT2D eigenvalue weighted by Gasteiger charge is -2.33. The van der Waals surface area contributed by atoms with E-state index < -0.39 is 0 Å². The number of amides is 1. The van der Waals surface area contributed by atoms with Gasteiger partial charge in [-0.2, -0.15) is 0 Å². The molecular formula is C12H24N2O3. The standard InChI is InChI=1S/C12H24N2O3/c1-9-4-5-14(6-11(9)15)7-12(16)13-10(2)8-17-3/h9-11,15H,4-8H2,1-3H3,(H,13,16). The number of hydrogen-bond donors (Lipinski definition) is 2. The van der Waals surface area contributed by atoms with Crippen LogP contribution in [0, 0.1) is 5.92 Å². The molecule has 1 aliphatic rings. The van der Waals surface area contributed by atoms with E-state index in [1.807, 2.05) is 18.7 Å². The maximum Gasteiger partial charge on any atom is 0.234 e. The Morgan fingerprint density at radius 1 is 1.65 bits per heavy atom. The van der Waals surface area contributed by atoms with E-state index in [0.29, 0.717) is 25.6 Å². The fourth-order valence-electron chi connectivity index (χ4n) is 2.07. The zero-order valence-electron chi connectivity index (χ0n) is 11.0. The highest BCUT2D eigenvalue weighted by atomic mass is 16.5. The van der Waals surface area contributed by atoms with E-state index in [4.69, 9.17) is 4.74 Å². The molecule has 5 heteroatoms. The second-order valence-electron chi connectivity index (χ2n) is 4.99. The topological polar surface area (TPSA) is 61.8 Å². The molecule has 0 saturated carbocycles. The molecule has 1 amide bonds. The Bertz CT molecular complexity index is 248. The van der Waals surface area contributed by atoms with Crippen molar-refractivity contribution in [1.29, 1.82) is 0 Å². The lowest BCUT2D eigenvalue weighted by Crippen LogP contribution is -2.48. The molecule has 1 aliphatic heterocycles. The van der Waals surface area contributed by atoms with Crippen molar-refractivity contribution in [2.75, 3.05) is 33.4 Å². The summed E-state index contributed by atoms with van der Waals surface area (Å²) < 4.78 is 4.96. The van der Waals surface area contributed by atoms with E-state index in [0.717, 1.165) is 13.0 Å². The molecule has 3 unspecified atom stereocenters. The minimum absolute atomic E-state index is 0.00342. The number of ether oxygens (including phenoxy) is 1. The van der Waals surface area contributed by atoms with Crippen molar-refractivity contribution in [3.05, 3.63) is 0 Å². The summed E-state index contributed by atoms with van der Waals surface area (Å²) in [6.45, 7) is 6.30. The third-order valence-corrected chi connectivity index (χ3v) is 3.19. The second-order valence-corrected chi connectivity index (χ2v) is 4.99. The van der Waals surface area contributed by atoms with Gasteiger partial charge in [0.1, 0.15) is 0 Å². The number of nitrogens with one attached hydrogen (secondary N) is 1. The predicted octanol–water partition coefficient (Wildman–Crippen LogP) is -0.160. The first-order valence-corrected chi connectivity index (χ1v) is 6.21. The number of aliphatic hydroxyl groups is 1. The van der Waals surface area contributed by atoms with Crippen LogP contribution in [-0.2, 0) is 9.53 Å². The van der Waals surface area contributed by atoms with Crippen molar-refractivity contribution in [2.45, 2.75) is 32.4 Å². The Morgan fingerprint density at radius 2 is 2.35 bits per heavy atom. The number of carbonyl (C=O) groups excluding carboxylic acids is 1.